The van der Waals surface area contributed by atoms with Gasteiger partial charge in [-0.2, -0.15) is 0 Å². The normalized spacial score (nSPS) is 51.9. The molecule has 18 heavy (non-hydrogen) atoms. The highest BCUT2D eigenvalue weighted by atomic mass is 16.3. The van der Waals surface area contributed by atoms with Crippen LogP contribution in [0.15, 0.2) is 11.6 Å². The zero-order valence-corrected chi connectivity index (χ0v) is 11.8. The van der Waals surface area contributed by atoms with Crippen molar-refractivity contribution in [3.8, 4) is 0 Å². The quantitative estimate of drug-likeness (QED) is 0.626. The Morgan fingerprint density at radius 2 is 1.83 bits per heavy atom. The van der Waals surface area contributed by atoms with E-state index in [1.165, 1.54) is 5.57 Å². The predicted octanol–water partition coefficient (Wildman–Crippen LogP) is 1.86. The van der Waals surface area contributed by atoms with Gasteiger partial charge in [-0.05, 0) is 39.5 Å². The SMILES string of the molecule is CC(C)=C[C@H]1CC[C@@]2(C)[C@H](O)[C@@H](O)C[C@](C)(O)[C@H]12. The Labute approximate surface area is 110 Å². The summed E-state index contributed by atoms with van der Waals surface area (Å²) in [6.45, 7) is 7.96. The lowest BCUT2D eigenvalue weighted by molar-refractivity contribution is -0.191. The van der Waals surface area contributed by atoms with Gasteiger partial charge in [0.15, 0.2) is 0 Å². The molecule has 0 aromatic rings. The van der Waals surface area contributed by atoms with Crippen molar-refractivity contribution in [3.63, 3.8) is 0 Å². The molecule has 6 atom stereocenters. The Bertz CT molecular complexity index is 357. The maximum absolute atomic E-state index is 10.7. The second-order valence-corrected chi connectivity index (χ2v) is 7.00. The molecule has 0 aliphatic heterocycles. The molecule has 0 heterocycles. The molecule has 0 bridgehead atoms. The first-order valence-electron chi connectivity index (χ1n) is 6.92. The van der Waals surface area contributed by atoms with Crippen molar-refractivity contribution in [1.82, 2.24) is 0 Å². The minimum atomic E-state index is -0.902. The molecule has 2 rings (SSSR count). The van der Waals surface area contributed by atoms with E-state index in [1.54, 1.807) is 0 Å². The number of allylic oxidation sites excluding steroid dienone is 2. The Morgan fingerprint density at radius 1 is 1.22 bits per heavy atom. The smallest absolute Gasteiger partial charge is 0.0857 e. The Balaban J connectivity index is 2.39. The molecule has 3 heteroatoms. The number of aliphatic hydroxyl groups is 3. The first-order chi connectivity index (χ1) is 8.18. The molecule has 0 radical (unpaired) electrons. The van der Waals surface area contributed by atoms with Crippen LogP contribution in [-0.2, 0) is 0 Å². The van der Waals surface area contributed by atoms with E-state index in [2.05, 4.69) is 19.9 Å². The summed E-state index contributed by atoms with van der Waals surface area (Å²) in [7, 11) is 0. The van der Waals surface area contributed by atoms with Crippen LogP contribution in [0.2, 0.25) is 0 Å². The van der Waals surface area contributed by atoms with Crippen LogP contribution in [0.3, 0.4) is 0 Å². The van der Waals surface area contributed by atoms with E-state index in [4.69, 9.17) is 0 Å². The third-order valence-electron chi connectivity index (χ3n) is 5.03. The van der Waals surface area contributed by atoms with Gasteiger partial charge < -0.3 is 15.3 Å². The fourth-order valence-corrected chi connectivity index (χ4v) is 4.50. The molecule has 0 aromatic heterocycles. The van der Waals surface area contributed by atoms with Gasteiger partial charge in [-0.15, -0.1) is 0 Å². The van der Waals surface area contributed by atoms with Gasteiger partial charge in [0.25, 0.3) is 0 Å². The largest absolute Gasteiger partial charge is 0.390 e. The minimum absolute atomic E-state index is 0.0262. The number of hydrogen-bond donors (Lipinski definition) is 3. The van der Waals surface area contributed by atoms with Gasteiger partial charge in [-0.25, -0.2) is 0 Å². The van der Waals surface area contributed by atoms with Crippen LogP contribution in [-0.4, -0.2) is 33.1 Å². The molecule has 2 aliphatic carbocycles. The van der Waals surface area contributed by atoms with Crippen molar-refractivity contribution >= 4 is 0 Å². The molecular weight excluding hydrogens is 228 g/mol. The summed E-state index contributed by atoms with van der Waals surface area (Å²) in [6, 6.07) is 0. The van der Waals surface area contributed by atoms with E-state index < -0.39 is 17.8 Å². The van der Waals surface area contributed by atoms with Crippen molar-refractivity contribution < 1.29 is 15.3 Å². The van der Waals surface area contributed by atoms with Crippen molar-refractivity contribution in [2.24, 2.45) is 17.3 Å². The standard InChI is InChI=1S/C15H26O3/c1-9(2)7-10-5-6-14(3)12(10)15(4,18)8-11(16)13(14)17/h7,10-13,16-18H,5-6,8H2,1-4H3/t10-,11+,12-,13-,14-,15+/m1/s1. The summed E-state index contributed by atoms with van der Waals surface area (Å²) in [5, 5.41) is 31.0. The first-order valence-corrected chi connectivity index (χ1v) is 6.92. The van der Waals surface area contributed by atoms with Crippen LogP contribution in [0.5, 0.6) is 0 Å². The monoisotopic (exact) mass is 254 g/mol. The van der Waals surface area contributed by atoms with Crippen LogP contribution in [0, 0.1) is 17.3 Å². The van der Waals surface area contributed by atoms with E-state index >= 15 is 0 Å². The summed E-state index contributed by atoms with van der Waals surface area (Å²) in [5.41, 5.74) is -0.0289. The van der Waals surface area contributed by atoms with Crippen molar-refractivity contribution in [2.45, 2.75) is 64.8 Å². The molecule has 0 spiro atoms. The fraction of sp³-hybridized carbons (Fsp3) is 0.867. The zero-order chi connectivity index (χ0) is 13.7. The van der Waals surface area contributed by atoms with E-state index in [0.717, 1.165) is 12.8 Å². The Morgan fingerprint density at radius 3 is 2.39 bits per heavy atom. The number of hydrogen-bond acceptors (Lipinski definition) is 3. The van der Waals surface area contributed by atoms with E-state index in [0.29, 0.717) is 5.92 Å². The van der Waals surface area contributed by atoms with Gasteiger partial charge in [-0.1, -0.05) is 18.6 Å². The van der Waals surface area contributed by atoms with Crippen molar-refractivity contribution in [3.05, 3.63) is 11.6 Å². The van der Waals surface area contributed by atoms with Crippen LogP contribution in [0.25, 0.3) is 0 Å². The maximum Gasteiger partial charge on any atom is 0.0857 e. The first kappa shape index (κ1) is 14.0. The third kappa shape index (κ3) is 2.02. The lowest BCUT2D eigenvalue weighted by Crippen LogP contribution is -2.59. The minimum Gasteiger partial charge on any atom is -0.390 e. The van der Waals surface area contributed by atoms with E-state index in [9.17, 15) is 15.3 Å². The average Bonchev–Trinajstić information content (AvgIpc) is 2.53. The fourth-order valence-electron chi connectivity index (χ4n) is 4.50. The molecule has 2 fully saturated rings. The third-order valence-corrected chi connectivity index (χ3v) is 5.03. The molecule has 2 aliphatic rings. The predicted molar refractivity (Wildman–Crippen MR) is 71.0 cm³/mol. The van der Waals surface area contributed by atoms with Gasteiger partial charge >= 0.3 is 0 Å². The van der Waals surface area contributed by atoms with Crippen molar-refractivity contribution in [1.29, 1.82) is 0 Å². The molecule has 0 amide bonds. The highest BCUT2D eigenvalue weighted by Gasteiger charge is 2.61. The van der Waals surface area contributed by atoms with Crippen LogP contribution >= 0.6 is 0 Å². The van der Waals surface area contributed by atoms with Crippen LogP contribution in [0.1, 0.15) is 47.0 Å². The van der Waals surface area contributed by atoms with Gasteiger partial charge in [0.2, 0.25) is 0 Å². The average molecular weight is 254 g/mol. The summed E-state index contributed by atoms with van der Waals surface area (Å²) in [6.07, 6.45) is 2.79. The second-order valence-electron chi connectivity index (χ2n) is 7.00. The number of rotatable bonds is 1. The summed E-state index contributed by atoms with van der Waals surface area (Å²) >= 11 is 0. The Kier molecular flexibility index (Phi) is 3.37. The summed E-state index contributed by atoms with van der Waals surface area (Å²) < 4.78 is 0. The lowest BCUT2D eigenvalue weighted by atomic mass is 9.58. The van der Waals surface area contributed by atoms with Crippen molar-refractivity contribution in [2.75, 3.05) is 0 Å². The maximum atomic E-state index is 10.7. The van der Waals surface area contributed by atoms with Gasteiger partial charge in [-0.3, -0.25) is 0 Å². The van der Waals surface area contributed by atoms with Gasteiger partial charge in [0, 0.05) is 17.8 Å². The van der Waals surface area contributed by atoms with Gasteiger partial charge in [0.1, 0.15) is 0 Å². The Hall–Kier alpha value is -0.380. The summed E-state index contributed by atoms with van der Waals surface area (Å²) in [4.78, 5) is 0. The molecule has 0 saturated heterocycles. The zero-order valence-electron chi connectivity index (χ0n) is 11.8. The van der Waals surface area contributed by atoms with Crippen LogP contribution in [0.4, 0.5) is 0 Å². The summed E-state index contributed by atoms with van der Waals surface area (Å²) in [5.74, 6) is 0.329. The second kappa shape index (κ2) is 4.32. The molecular formula is C15H26O3. The number of fused-ring (bicyclic) bond motifs is 1. The topological polar surface area (TPSA) is 60.7 Å². The molecule has 0 aromatic carbocycles. The van der Waals surface area contributed by atoms with Crippen LogP contribution < -0.4 is 0 Å². The highest BCUT2D eigenvalue weighted by Crippen LogP contribution is 2.58. The molecule has 0 unspecified atom stereocenters. The molecule has 3 N–H and O–H groups in total. The molecule has 104 valence electrons. The molecule has 3 nitrogen and oxygen atoms in total. The number of aliphatic hydroxyl groups excluding tert-OH is 2. The lowest BCUT2D eigenvalue weighted by Gasteiger charge is -2.52. The van der Waals surface area contributed by atoms with E-state index in [-0.39, 0.29) is 17.8 Å². The van der Waals surface area contributed by atoms with Gasteiger partial charge in [0.05, 0.1) is 17.8 Å². The van der Waals surface area contributed by atoms with E-state index in [1.807, 2.05) is 13.8 Å². The molecule has 2 saturated carbocycles. The highest BCUT2D eigenvalue weighted by molar-refractivity contribution is 5.16.